The molecule has 0 unspecified atom stereocenters. The van der Waals surface area contributed by atoms with Crippen molar-refractivity contribution in [3.8, 4) is 0 Å². The largest absolute Gasteiger partial charge is 0.464 e. The zero-order valence-corrected chi connectivity index (χ0v) is 24.5. The lowest BCUT2D eigenvalue weighted by molar-refractivity contribution is -0.144. The van der Waals surface area contributed by atoms with Crippen molar-refractivity contribution in [2.45, 2.75) is 74.5 Å². The van der Waals surface area contributed by atoms with Gasteiger partial charge in [-0.2, -0.15) is 0 Å². The number of benzene rings is 2. The van der Waals surface area contributed by atoms with Gasteiger partial charge in [0, 0.05) is 60.5 Å². The van der Waals surface area contributed by atoms with E-state index in [-0.39, 0.29) is 5.97 Å². The van der Waals surface area contributed by atoms with E-state index in [1.54, 1.807) is 0 Å². The van der Waals surface area contributed by atoms with E-state index in [1.807, 2.05) is 17.8 Å². The topological polar surface area (TPSA) is 32.8 Å². The Morgan fingerprint density at radius 2 is 1.58 bits per heavy atom. The molecule has 0 aliphatic carbocycles. The minimum Gasteiger partial charge on any atom is -0.464 e. The van der Waals surface area contributed by atoms with Crippen molar-refractivity contribution in [2.75, 3.05) is 45.9 Å². The van der Waals surface area contributed by atoms with Crippen molar-refractivity contribution in [1.82, 2.24) is 9.80 Å². The van der Waals surface area contributed by atoms with E-state index in [4.69, 9.17) is 16.3 Å². The van der Waals surface area contributed by atoms with Crippen LogP contribution in [0.5, 0.6) is 0 Å². The maximum absolute atomic E-state index is 12.0. The van der Waals surface area contributed by atoms with Gasteiger partial charge in [-0.1, -0.05) is 93.1 Å². The fourth-order valence-corrected chi connectivity index (χ4v) is 6.54. The third-order valence-corrected chi connectivity index (χ3v) is 8.93. The molecule has 0 bridgehead atoms. The number of carbonyl (C=O) groups excluding carboxylic acids is 1. The number of carbonyl (C=O) groups is 1. The molecule has 2 aromatic carbocycles. The number of hydrogen-bond donors (Lipinski definition) is 0. The minimum atomic E-state index is -0.0317. The van der Waals surface area contributed by atoms with Crippen LogP contribution in [0.15, 0.2) is 58.3 Å². The highest BCUT2D eigenvalue weighted by atomic mass is 35.5. The average molecular weight is 555 g/mol. The molecule has 1 fully saturated rings. The van der Waals surface area contributed by atoms with E-state index in [9.17, 15) is 4.79 Å². The van der Waals surface area contributed by atoms with Crippen LogP contribution in [0.3, 0.4) is 0 Å². The Morgan fingerprint density at radius 1 is 0.895 bits per heavy atom. The molecular formula is C32H43ClN2O2S. The van der Waals surface area contributed by atoms with E-state index < -0.39 is 0 Å². The normalized spacial score (nSPS) is 16.8. The molecule has 6 heteroatoms. The summed E-state index contributed by atoms with van der Waals surface area (Å²) >= 11 is 8.19. The monoisotopic (exact) mass is 554 g/mol. The molecule has 4 nitrogen and oxygen atoms in total. The van der Waals surface area contributed by atoms with Crippen LogP contribution in [-0.4, -0.2) is 61.6 Å². The van der Waals surface area contributed by atoms with Crippen molar-refractivity contribution < 1.29 is 9.53 Å². The summed E-state index contributed by atoms with van der Waals surface area (Å²) in [6.45, 7) is 8.83. The van der Waals surface area contributed by atoms with E-state index in [2.05, 4.69) is 59.2 Å². The van der Waals surface area contributed by atoms with Gasteiger partial charge in [0.1, 0.15) is 6.61 Å². The molecule has 2 aliphatic rings. The number of rotatable bonds is 14. The Balaban J connectivity index is 1.14. The molecule has 4 rings (SSSR count). The second-order valence-electron chi connectivity index (χ2n) is 10.4. The summed E-state index contributed by atoms with van der Waals surface area (Å²) < 4.78 is 5.50. The molecule has 0 saturated carbocycles. The fraction of sp³-hybridized carbons (Fsp3) is 0.531. The van der Waals surface area contributed by atoms with Gasteiger partial charge < -0.3 is 9.64 Å². The highest BCUT2D eigenvalue weighted by Gasteiger charge is 2.21. The maximum Gasteiger partial charge on any atom is 0.305 e. The van der Waals surface area contributed by atoms with Crippen LogP contribution in [0.1, 0.15) is 75.8 Å². The maximum atomic E-state index is 12.0. The first-order valence-corrected chi connectivity index (χ1v) is 15.7. The number of hydrogen-bond acceptors (Lipinski definition) is 5. The van der Waals surface area contributed by atoms with Crippen molar-refractivity contribution in [1.29, 1.82) is 0 Å². The van der Waals surface area contributed by atoms with Crippen LogP contribution in [0.4, 0.5) is 0 Å². The number of fused-ring (bicyclic) bond motifs is 2. The summed E-state index contributed by atoms with van der Waals surface area (Å²) in [5.74, 6) is -0.0317. The summed E-state index contributed by atoms with van der Waals surface area (Å²) in [6.07, 6.45) is 12.5. The molecule has 0 aromatic heterocycles. The van der Waals surface area contributed by atoms with Crippen molar-refractivity contribution in [3.63, 3.8) is 0 Å². The van der Waals surface area contributed by atoms with Gasteiger partial charge in [-0.25, -0.2) is 0 Å². The lowest BCUT2D eigenvalue weighted by atomic mass is 9.96. The molecule has 2 heterocycles. The zero-order valence-electron chi connectivity index (χ0n) is 22.9. The Morgan fingerprint density at radius 3 is 2.37 bits per heavy atom. The predicted molar refractivity (Wildman–Crippen MR) is 160 cm³/mol. The van der Waals surface area contributed by atoms with Gasteiger partial charge in [-0.05, 0) is 53.8 Å². The molecule has 0 amide bonds. The van der Waals surface area contributed by atoms with Crippen LogP contribution < -0.4 is 0 Å². The third-order valence-electron chi connectivity index (χ3n) is 7.54. The first-order chi connectivity index (χ1) is 18.6. The first kappa shape index (κ1) is 29.2. The van der Waals surface area contributed by atoms with E-state index in [0.29, 0.717) is 13.0 Å². The molecule has 1 saturated heterocycles. The summed E-state index contributed by atoms with van der Waals surface area (Å²) in [7, 11) is 0. The molecule has 206 valence electrons. The minimum absolute atomic E-state index is 0.0317. The van der Waals surface area contributed by atoms with Crippen molar-refractivity contribution in [3.05, 3.63) is 64.7 Å². The van der Waals surface area contributed by atoms with Gasteiger partial charge in [0.05, 0.1) is 0 Å². The number of ether oxygens (including phenoxy) is 1. The molecule has 0 spiro atoms. The van der Waals surface area contributed by atoms with E-state index >= 15 is 0 Å². The van der Waals surface area contributed by atoms with Crippen LogP contribution in [0.25, 0.3) is 5.57 Å². The molecule has 2 aliphatic heterocycles. The second-order valence-corrected chi connectivity index (χ2v) is 11.9. The Kier molecular flexibility index (Phi) is 12.1. The molecule has 0 atom stereocenters. The Hall–Kier alpha value is -1.79. The molecule has 0 N–H and O–H groups in total. The highest BCUT2D eigenvalue weighted by molar-refractivity contribution is 7.99. The summed E-state index contributed by atoms with van der Waals surface area (Å²) in [4.78, 5) is 19.6. The van der Waals surface area contributed by atoms with Crippen LogP contribution >= 0.6 is 23.4 Å². The van der Waals surface area contributed by atoms with Gasteiger partial charge in [0.25, 0.3) is 0 Å². The Bertz CT molecular complexity index is 1070. The fourth-order valence-electron chi connectivity index (χ4n) is 5.28. The van der Waals surface area contributed by atoms with Crippen LogP contribution in [-0.2, 0) is 9.53 Å². The van der Waals surface area contributed by atoms with Crippen molar-refractivity contribution >= 4 is 34.9 Å². The predicted octanol–water partition coefficient (Wildman–Crippen LogP) is 7.93. The average Bonchev–Trinajstić information content (AvgIpc) is 2.93. The van der Waals surface area contributed by atoms with Crippen LogP contribution in [0.2, 0.25) is 5.02 Å². The van der Waals surface area contributed by atoms with Crippen molar-refractivity contribution in [2.24, 2.45) is 0 Å². The summed E-state index contributed by atoms with van der Waals surface area (Å²) in [6, 6.07) is 14.9. The van der Waals surface area contributed by atoms with Gasteiger partial charge >= 0.3 is 5.97 Å². The molecule has 2 aromatic rings. The molecule has 0 radical (unpaired) electrons. The standard InChI is InChI=1S/C32H43ClN2O2S/c1-2-3-4-5-6-7-8-15-32(36)37-24-23-35-21-19-34(20-22-35)18-11-13-27-28-12-9-10-14-30(28)38-31-17-16-26(33)25-29(27)31/h9-10,12-14,16-17,25H,2-8,11,15,18-24H2,1H3. The SMILES string of the molecule is CCCCCCCCCC(=O)OCCN1CCN(CCC=C2c3ccccc3Sc3ccc(Cl)cc32)CC1. The second kappa shape index (κ2) is 15.7. The number of piperazine rings is 1. The van der Waals surface area contributed by atoms with Gasteiger partial charge in [-0.3, -0.25) is 9.69 Å². The number of nitrogens with zero attached hydrogens (tertiary/aromatic N) is 2. The smallest absolute Gasteiger partial charge is 0.305 e. The Labute approximate surface area is 238 Å². The molecule has 38 heavy (non-hydrogen) atoms. The van der Waals surface area contributed by atoms with Gasteiger partial charge in [0.15, 0.2) is 0 Å². The first-order valence-electron chi connectivity index (χ1n) is 14.5. The lowest BCUT2D eigenvalue weighted by Gasteiger charge is -2.34. The lowest BCUT2D eigenvalue weighted by Crippen LogP contribution is -2.47. The van der Waals surface area contributed by atoms with Gasteiger partial charge in [-0.15, -0.1) is 0 Å². The number of esters is 1. The number of unbranched alkanes of at least 4 members (excludes halogenated alkanes) is 6. The third kappa shape index (κ3) is 8.87. The summed E-state index contributed by atoms with van der Waals surface area (Å²) in [5.41, 5.74) is 3.85. The quantitative estimate of drug-likeness (QED) is 0.149. The van der Waals surface area contributed by atoms with E-state index in [1.165, 1.54) is 58.6 Å². The highest BCUT2D eigenvalue weighted by Crippen LogP contribution is 2.46. The summed E-state index contributed by atoms with van der Waals surface area (Å²) in [5, 5.41) is 0.786. The zero-order chi connectivity index (χ0) is 26.6. The number of halogens is 1. The van der Waals surface area contributed by atoms with Crippen LogP contribution in [0, 0.1) is 0 Å². The van der Waals surface area contributed by atoms with Gasteiger partial charge in [0.2, 0.25) is 0 Å². The van der Waals surface area contributed by atoms with E-state index in [0.717, 1.165) is 63.6 Å². The molecular weight excluding hydrogens is 512 g/mol.